The molecule has 114 valence electrons. The largest absolute Gasteiger partial charge is 0.427 e. The quantitative estimate of drug-likeness (QED) is 0.485. The molecule has 2 rings (SSSR count). The minimum atomic E-state index is -0.378. The normalized spacial score (nSPS) is 11.1. The molecule has 0 amide bonds. The Hall–Kier alpha value is -2.42. The van der Waals surface area contributed by atoms with Gasteiger partial charge in [0, 0.05) is 18.1 Å². The zero-order valence-corrected chi connectivity index (χ0v) is 13.3. The summed E-state index contributed by atoms with van der Waals surface area (Å²) in [4.78, 5) is 23.3. The first-order valence-electron chi connectivity index (χ1n) is 7.21. The average Bonchev–Trinajstić information content (AvgIpc) is 2.46. The number of carbonyl (C=O) groups is 2. The number of esters is 1. The molecule has 0 aliphatic heterocycles. The average molecular weight is 296 g/mol. The highest BCUT2D eigenvalue weighted by molar-refractivity contribution is 6.09. The summed E-state index contributed by atoms with van der Waals surface area (Å²) < 4.78 is 4.96. The molecule has 3 heteroatoms. The molecule has 0 spiro atoms. The molecule has 0 aromatic heterocycles. The minimum Gasteiger partial charge on any atom is -0.427 e. The van der Waals surface area contributed by atoms with Gasteiger partial charge in [0.1, 0.15) is 5.75 Å². The van der Waals surface area contributed by atoms with E-state index in [9.17, 15) is 9.59 Å². The van der Waals surface area contributed by atoms with Crippen LogP contribution in [0.5, 0.6) is 5.75 Å². The summed E-state index contributed by atoms with van der Waals surface area (Å²) in [6, 6.07) is 14.2. The standard InChI is InChI=1S/C19H20O3/c1-13(20)22-17-11-7-15(8-12-17)18(21)14-5-9-16(10-6-14)19(2,3)4/h5-12H,1-4H3. The smallest absolute Gasteiger partial charge is 0.308 e. The molecular formula is C19H20O3. The van der Waals surface area contributed by atoms with E-state index in [4.69, 9.17) is 4.74 Å². The molecule has 0 saturated carbocycles. The second kappa shape index (κ2) is 6.14. The molecule has 0 atom stereocenters. The molecule has 2 aromatic carbocycles. The van der Waals surface area contributed by atoms with Crippen molar-refractivity contribution in [3.8, 4) is 5.75 Å². The van der Waals surface area contributed by atoms with Gasteiger partial charge < -0.3 is 4.74 Å². The Balaban J connectivity index is 2.19. The van der Waals surface area contributed by atoms with Gasteiger partial charge in [-0.15, -0.1) is 0 Å². The molecule has 0 saturated heterocycles. The van der Waals surface area contributed by atoms with E-state index in [-0.39, 0.29) is 17.2 Å². The fourth-order valence-corrected chi connectivity index (χ4v) is 2.13. The number of carbonyl (C=O) groups excluding carboxylic acids is 2. The van der Waals surface area contributed by atoms with Crippen molar-refractivity contribution in [1.29, 1.82) is 0 Å². The maximum atomic E-state index is 12.4. The summed E-state index contributed by atoms with van der Waals surface area (Å²) in [5.74, 6) is 0.0128. The van der Waals surface area contributed by atoms with Gasteiger partial charge in [0.05, 0.1) is 0 Å². The number of ketones is 1. The van der Waals surface area contributed by atoms with Crippen molar-refractivity contribution in [1.82, 2.24) is 0 Å². The molecule has 0 heterocycles. The molecule has 0 aliphatic rings. The number of benzene rings is 2. The molecular weight excluding hydrogens is 276 g/mol. The number of ether oxygens (including phenoxy) is 1. The second-order valence-electron chi connectivity index (χ2n) is 6.27. The van der Waals surface area contributed by atoms with Crippen molar-refractivity contribution in [3.05, 3.63) is 65.2 Å². The first-order valence-corrected chi connectivity index (χ1v) is 7.21. The molecule has 0 N–H and O–H groups in total. The van der Waals surface area contributed by atoms with Crippen LogP contribution in [0.1, 0.15) is 49.2 Å². The van der Waals surface area contributed by atoms with Crippen LogP contribution in [0.25, 0.3) is 0 Å². The van der Waals surface area contributed by atoms with Gasteiger partial charge in [0.25, 0.3) is 0 Å². The molecule has 3 nitrogen and oxygen atoms in total. The highest BCUT2D eigenvalue weighted by atomic mass is 16.5. The van der Waals surface area contributed by atoms with Crippen molar-refractivity contribution in [2.75, 3.05) is 0 Å². The fraction of sp³-hybridized carbons (Fsp3) is 0.263. The van der Waals surface area contributed by atoms with E-state index in [0.29, 0.717) is 16.9 Å². The van der Waals surface area contributed by atoms with E-state index in [1.807, 2.05) is 24.3 Å². The molecule has 2 aromatic rings. The highest BCUT2D eigenvalue weighted by Gasteiger charge is 2.15. The maximum Gasteiger partial charge on any atom is 0.308 e. The van der Waals surface area contributed by atoms with Gasteiger partial charge in [-0.05, 0) is 35.2 Å². The van der Waals surface area contributed by atoms with Crippen molar-refractivity contribution in [3.63, 3.8) is 0 Å². The molecule has 0 fully saturated rings. The van der Waals surface area contributed by atoms with E-state index < -0.39 is 0 Å². The zero-order chi connectivity index (χ0) is 16.3. The van der Waals surface area contributed by atoms with Crippen LogP contribution in [0.2, 0.25) is 0 Å². The van der Waals surface area contributed by atoms with Crippen LogP contribution in [0, 0.1) is 0 Å². The summed E-state index contributed by atoms with van der Waals surface area (Å²) in [6.45, 7) is 7.75. The van der Waals surface area contributed by atoms with Crippen molar-refractivity contribution in [2.45, 2.75) is 33.1 Å². The third-order valence-electron chi connectivity index (χ3n) is 3.39. The van der Waals surface area contributed by atoms with Gasteiger partial charge in [0.15, 0.2) is 5.78 Å². The van der Waals surface area contributed by atoms with E-state index >= 15 is 0 Å². The Bertz CT molecular complexity index is 674. The van der Waals surface area contributed by atoms with Crippen LogP contribution in [0.4, 0.5) is 0 Å². The topological polar surface area (TPSA) is 43.4 Å². The lowest BCUT2D eigenvalue weighted by molar-refractivity contribution is -0.131. The number of hydrogen-bond acceptors (Lipinski definition) is 3. The van der Waals surface area contributed by atoms with Crippen LogP contribution >= 0.6 is 0 Å². The lowest BCUT2D eigenvalue weighted by atomic mass is 9.86. The van der Waals surface area contributed by atoms with Crippen molar-refractivity contribution >= 4 is 11.8 Å². The van der Waals surface area contributed by atoms with E-state index in [1.54, 1.807) is 24.3 Å². The van der Waals surface area contributed by atoms with Crippen LogP contribution in [-0.2, 0) is 10.2 Å². The van der Waals surface area contributed by atoms with E-state index in [0.717, 1.165) is 0 Å². The predicted octanol–water partition coefficient (Wildman–Crippen LogP) is 4.14. The summed E-state index contributed by atoms with van der Waals surface area (Å²) in [5.41, 5.74) is 2.47. The Kier molecular flexibility index (Phi) is 4.45. The Morgan fingerprint density at radius 3 is 1.68 bits per heavy atom. The molecule has 0 unspecified atom stereocenters. The third-order valence-corrected chi connectivity index (χ3v) is 3.39. The Morgan fingerprint density at radius 2 is 1.27 bits per heavy atom. The molecule has 0 bridgehead atoms. The predicted molar refractivity (Wildman–Crippen MR) is 86.3 cm³/mol. The van der Waals surface area contributed by atoms with Gasteiger partial charge in [-0.2, -0.15) is 0 Å². The van der Waals surface area contributed by atoms with E-state index in [2.05, 4.69) is 20.8 Å². The summed E-state index contributed by atoms with van der Waals surface area (Å²) in [5, 5.41) is 0. The summed E-state index contributed by atoms with van der Waals surface area (Å²) in [6.07, 6.45) is 0. The first kappa shape index (κ1) is 16.0. The lowest BCUT2D eigenvalue weighted by Gasteiger charge is -2.19. The maximum absolute atomic E-state index is 12.4. The highest BCUT2D eigenvalue weighted by Crippen LogP contribution is 2.23. The molecule has 0 radical (unpaired) electrons. The Morgan fingerprint density at radius 1 is 0.818 bits per heavy atom. The summed E-state index contributed by atoms with van der Waals surface area (Å²) in [7, 11) is 0. The lowest BCUT2D eigenvalue weighted by Crippen LogP contribution is -2.11. The number of rotatable bonds is 3. The zero-order valence-electron chi connectivity index (χ0n) is 13.3. The van der Waals surface area contributed by atoms with Crippen LogP contribution in [-0.4, -0.2) is 11.8 Å². The summed E-state index contributed by atoms with van der Waals surface area (Å²) >= 11 is 0. The number of hydrogen-bond donors (Lipinski definition) is 0. The minimum absolute atomic E-state index is 0.0464. The fourth-order valence-electron chi connectivity index (χ4n) is 2.13. The van der Waals surface area contributed by atoms with Crippen LogP contribution in [0.3, 0.4) is 0 Å². The monoisotopic (exact) mass is 296 g/mol. The second-order valence-corrected chi connectivity index (χ2v) is 6.27. The van der Waals surface area contributed by atoms with Gasteiger partial charge in [-0.1, -0.05) is 45.0 Å². The van der Waals surface area contributed by atoms with Crippen LogP contribution < -0.4 is 4.74 Å². The third kappa shape index (κ3) is 3.82. The van der Waals surface area contributed by atoms with Crippen LogP contribution in [0.15, 0.2) is 48.5 Å². The Labute approximate surface area is 130 Å². The molecule has 0 aliphatic carbocycles. The van der Waals surface area contributed by atoms with Gasteiger partial charge >= 0.3 is 5.97 Å². The van der Waals surface area contributed by atoms with Gasteiger partial charge in [-0.3, -0.25) is 9.59 Å². The van der Waals surface area contributed by atoms with Gasteiger partial charge in [-0.25, -0.2) is 0 Å². The van der Waals surface area contributed by atoms with E-state index in [1.165, 1.54) is 12.5 Å². The molecule has 22 heavy (non-hydrogen) atoms. The SMILES string of the molecule is CC(=O)Oc1ccc(C(=O)c2ccc(C(C)(C)C)cc2)cc1. The first-order chi connectivity index (χ1) is 10.3. The van der Waals surface area contributed by atoms with Crippen molar-refractivity contribution in [2.24, 2.45) is 0 Å². The van der Waals surface area contributed by atoms with Crippen molar-refractivity contribution < 1.29 is 14.3 Å². The van der Waals surface area contributed by atoms with Gasteiger partial charge in [0.2, 0.25) is 0 Å².